The lowest BCUT2D eigenvalue weighted by Crippen LogP contribution is -2.48. The van der Waals surface area contributed by atoms with Crippen molar-refractivity contribution in [3.63, 3.8) is 0 Å². The highest BCUT2D eigenvalue weighted by atomic mass is 32.2. The molecule has 0 aliphatic carbocycles. The topological polar surface area (TPSA) is 124 Å². The van der Waals surface area contributed by atoms with Crippen LogP contribution in [0, 0.1) is 0 Å². The molecular weight excluding hydrogens is 444 g/mol. The minimum Gasteiger partial charge on any atom is -0.478 e. The van der Waals surface area contributed by atoms with E-state index in [0.717, 1.165) is 30.2 Å². The van der Waals surface area contributed by atoms with Gasteiger partial charge in [0.2, 0.25) is 5.91 Å². The van der Waals surface area contributed by atoms with Gasteiger partial charge in [0, 0.05) is 22.7 Å². The number of anilines is 1. The molecule has 33 heavy (non-hydrogen) atoms. The van der Waals surface area contributed by atoms with Crippen molar-refractivity contribution in [3.05, 3.63) is 59.2 Å². The average Bonchev–Trinajstić information content (AvgIpc) is 2.77. The largest absolute Gasteiger partial charge is 0.478 e. The number of carbonyl (C=O) groups excluding carboxylic acids is 2. The maximum Gasteiger partial charge on any atom is 0.336 e. The van der Waals surface area contributed by atoms with E-state index in [1.54, 1.807) is 18.2 Å². The van der Waals surface area contributed by atoms with Gasteiger partial charge in [-0.05, 0) is 69.5 Å². The van der Waals surface area contributed by atoms with Crippen molar-refractivity contribution in [1.82, 2.24) is 4.90 Å². The van der Waals surface area contributed by atoms with Crippen molar-refractivity contribution in [1.29, 1.82) is 0 Å². The molecular formula is C24H26N2O6S. The molecule has 0 unspecified atom stereocenters. The van der Waals surface area contributed by atoms with E-state index in [0.29, 0.717) is 5.69 Å². The van der Waals surface area contributed by atoms with Crippen molar-refractivity contribution >= 4 is 41.2 Å². The number of aromatic carboxylic acids is 2. The lowest BCUT2D eigenvalue weighted by Gasteiger charge is -2.39. The molecule has 0 aromatic heterocycles. The molecule has 9 heteroatoms. The maximum atomic E-state index is 12.8. The Morgan fingerprint density at radius 1 is 0.970 bits per heavy atom. The van der Waals surface area contributed by atoms with E-state index in [9.17, 15) is 24.3 Å². The fraction of sp³-hybridized carbons (Fsp3) is 0.333. The highest BCUT2D eigenvalue weighted by Crippen LogP contribution is 2.27. The average molecular weight is 471 g/mol. The third kappa shape index (κ3) is 5.92. The molecule has 1 aliphatic rings. The molecule has 2 aromatic rings. The molecule has 0 bridgehead atoms. The Bertz CT molecular complexity index is 1080. The number of carboxylic acid groups (broad SMARTS) is 2. The van der Waals surface area contributed by atoms with Gasteiger partial charge >= 0.3 is 11.9 Å². The van der Waals surface area contributed by atoms with Gasteiger partial charge in [-0.2, -0.15) is 0 Å². The molecule has 0 spiro atoms. The predicted molar refractivity (Wildman–Crippen MR) is 125 cm³/mol. The van der Waals surface area contributed by atoms with Gasteiger partial charge in [-0.25, -0.2) is 9.59 Å². The van der Waals surface area contributed by atoms with Crippen LogP contribution in [0.25, 0.3) is 0 Å². The number of hydrogen-bond donors (Lipinski definition) is 3. The van der Waals surface area contributed by atoms with Gasteiger partial charge in [0.1, 0.15) is 0 Å². The molecule has 2 atom stereocenters. The SMILES string of the molecule is C[C@@H]1CCC[C@H](C)N1C(=O)CSc1cccc(NC(=O)c2ccc(C(=O)O)cc2C(=O)O)c1. The summed E-state index contributed by atoms with van der Waals surface area (Å²) in [4.78, 5) is 50.8. The zero-order chi connectivity index (χ0) is 24.1. The molecule has 3 rings (SSSR count). The Balaban J connectivity index is 1.69. The van der Waals surface area contributed by atoms with E-state index in [-0.39, 0.29) is 34.9 Å². The number of thioether (sulfide) groups is 1. The number of likely N-dealkylation sites (tertiary alicyclic amines) is 1. The molecule has 174 valence electrons. The number of piperidine rings is 1. The number of rotatable bonds is 7. The second-order valence-corrected chi connectivity index (χ2v) is 9.12. The number of amides is 2. The van der Waals surface area contributed by atoms with Crippen molar-refractivity contribution in [2.45, 2.75) is 50.1 Å². The maximum absolute atomic E-state index is 12.8. The van der Waals surface area contributed by atoms with Gasteiger partial charge in [-0.1, -0.05) is 6.07 Å². The summed E-state index contributed by atoms with van der Waals surface area (Å²) in [7, 11) is 0. The van der Waals surface area contributed by atoms with Crippen LogP contribution in [0.4, 0.5) is 5.69 Å². The van der Waals surface area contributed by atoms with Crippen LogP contribution >= 0.6 is 11.8 Å². The highest BCUT2D eigenvalue weighted by molar-refractivity contribution is 8.00. The zero-order valence-corrected chi connectivity index (χ0v) is 19.2. The van der Waals surface area contributed by atoms with Crippen LogP contribution in [0.2, 0.25) is 0 Å². The van der Waals surface area contributed by atoms with E-state index in [1.807, 2.05) is 11.0 Å². The number of benzene rings is 2. The summed E-state index contributed by atoms with van der Waals surface area (Å²) >= 11 is 1.37. The molecule has 1 aliphatic heterocycles. The van der Waals surface area contributed by atoms with Gasteiger partial charge < -0.3 is 20.4 Å². The molecule has 3 N–H and O–H groups in total. The monoisotopic (exact) mass is 470 g/mol. The summed E-state index contributed by atoms with van der Waals surface area (Å²) in [5, 5.41) is 21.1. The van der Waals surface area contributed by atoms with Crippen LogP contribution in [0.15, 0.2) is 47.4 Å². The lowest BCUT2D eigenvalue weighted by atomic mass is 9.98. The second kappa shape index (κ2) is 10.5. The van der Waals surface area contributed by atoms with Crippen LogP contribution in [0.5, 0.6) is 0 Å². The Labute approximate surface area is 196 Å². The predicted octanol–water partition coefficient (Wildman–Crippen LogP) is 4.22. The number of carbonyl (C=O) groups is 4. The minimum atomic E-state index is -1.40. The zero-order valence-electron chi connectivity index (χ0n) is 18.4. The Hall–Kier alpha value is -3.33. The Morgan fingerprint density at radius 3 is 2.30 bits per heavy atom. The fourth-order valence-electron chi connectivity index (χ4n) is 4.05. The van der Waals surface area contributed by atoms with Crippen molar-refractivity contribution < 1.29 is 29.4 Å². The molecule has 0 saturated carbocycles. The number of hydrogen-bond acceptors (Lipinski definition) is 5. The van der Waals surface area contributed by atoms with E-state index in [2.05, 4.69) is 19.2 Å². The van der Waals surface area contributed by atoms with Crippen molar-refractivity contribution in [2.75, 3.05) is 11.1 Å². The summed E-state index contributed by atoms with van der Waals surface area (Å²) in [5.41, 5.74) is -0.317. The van der Waals surface area contributed by atoms with E-state index >= 15 is 0 Å². The fourth-order valence-corrected chi connectivity index (χ4v) is 4.87. The molecule has 1 heterocycles. The first-order valence-corrected chi connectivity index (χ1v) is 11.6. The Morgan fingerprint density at radius 2 is 1.67 bits per heavy atom. The standard InChI is InChI=1S/C24H26N2O6S/c1-14-5-3-6-15(2)26(14)21(27)13-33-18-8-4-7-17(12-18)25-22(28)19-10-9-16(23(29)30)11-20(19)24(31)32/h4,7-12,14-15H,3,5-6,13H2,1-2H3,(H,25,28)(H,29,30)(H,31,32)/t14-,15+. The molecule has 2 aromatic carbocycles. The van der Waals surface area contributed by atoms with Crippen LogP contribution in [-0.4, -0.2) is 56.7 Å². The summed E-state index contributed by atoms with van der Waals surface area (Å²) in [5.74, 6) is -2.98. The second-order valence-electron chi connectivity index (χ2n) is 8.07. The molecule has 8 nitrogen and oxygen atoms in total. The summed E-state index contributed by atoms with van der Waals surface area (Å²) in [6.45, 7) is 4.14. The molecule has 0 radical (unpaired) electrons. The minimum absolute atomic E-state index is 0.0822. The lowest BCUT2D eigenvalue weighted by molar-refractivity contribution is -0.134. The van der Waals surface area contributed by atoms with E-state index in [1.165, 1.54) is 23.9 Å². The summed E-state index contributed by atoms with van der Waals surface area (Å²) < 4.78 is 0. The molecule has 1 saturated heterocycles. The molecule has 2 amide bonds. The summed E-state index contributed by atoms with van der Waals surface area (Å²) in [6.07, 6.45) is 3.14. The van der Waals surface area contributed by atoms with Gasteiger partial charge in [0.25, 0.3) is 5.91 Å². The summed E-state index contributed by atoms with van der Waals surface area (Å²) in [6, 6.07) is 10.7. The van der Waals surface area contributed by atoms with Gasteiger partial charge in [0.05, 0.1) is 22.4 Å². The van der Waals surface area contributed by atoms with E-state index < -0.39 is 23.4 Å². The number of nitrogens with one attached hydrogen (secondary N) is 1. The third-order valence-electron chi connectivity index (χ3n) is 5.68. The van der Waals surface area contributed by atoms with Crippen LogP contribution in [-0.2, 0) is 4.79 Å². The van der Waals surface area contributed by atoms with Crippen molar-refractivity contribution in [3.8, 4) is 0 Å². The first kappa shape index (κ1) is 24.3. The first-order chi connectivity index (χ1) is 15.7. The first-order valence-electron chi connectivity index (χ1n) is 10.6. The van der Waals surface area contributed by atoms with E-state index in [4.69, 9.17) is 5.11 Å². The quantitative estimate of drug-likeness (QED) is 0.518. The van der Waals surface area contributed by atoms with Crippen LogP contribution in [0.1, 0.15) is 64.2 Å². The number of carboxylic acids is 2. The highest BCUT2D eigenvalue weighted by Gasteiger charge is 2.28. The van der Waals surface area contributed by atoms with Gasteiger partial charge in [0.15, 0.2) is 0 Å². The number of nitrogens with zero attached hydrogens (tertiary/aromatic N) is 1. The van der Waals surface area contributed by atoms with Crippen LogP contribution in [0.3, 0.4) is 0 Å². The van der Waals surface area contributed by atoms with Gasteiger partial charge in [-0.15, -0.1) is 11.8 Å². The van der Waals surface area contributed by atoms with Crippen molar-refractivity contribution in [2.24, 2.45) is 0 Å². The Kier molecular flexibility index (Phi) is 7.75. The normalized spacial score (nSPS) is 17.9. The molecule has 1 fully saturated rings. The third-order valence-corrected chi connectivity index (χ3v) is 6.66. The smallest absolute Gasteiger partial charge is 0.336 e. The van der Waals surface area contributed by atoms with Crippen LogP contribution < -0.4 is 5.32 Å². The van der Waals surface area contributed by atoms with Gasteiger partial charge in [-0.3, -0.25) is 9.59 Å².